The SMILES string of the molecule is CS(=O)(=O)c1ccc(C(CO)NCc2ccnn2C2CCCC2)cc1. The molecule has 0 radical (unpaired) electrons. The number of hydrogen-bond donors (Lipinski definition) is 2. The van der Waals surface area contributed by atoms with E-state index in [9.17, 15) is 13.5 Å². The van der Waals surface area contributed by atoms with Crippen molar-refractivity contribution in [3.05, 3.63) is 47.8 Å². The Morgan fingerprint density at radius 3 is 2.52 bits per heavy atom. The second kappa shape index (κ2) is 7.68. The Balaban J connectivity index is 1.68. The standard InChI is InChI=1S/C18H25N3O3S/c1-25(23,24)17-8-6-14(7-9-17)18(13-22)19-12-16-10-11-20-21(16)15-4-2-3-5-15/h6-11,15,18-19,22H,2-5,12-13H2,1H3. The Hall–Kier alpha value is -1.70. The number of sulfone groups is 1. The third kappa shape index (κ3) is 4.29. The average molecular weight is 363 g/mol. The molecule has 0 aliphatic heterocycles. The predicted molar refractivity (Wildman–Crippen MR) is 96.0 cm³/mol. The number of aromatic nitrogens is 2. The Morgan fingerprint density at radius 1 is 1.24 bits per heavy atom. The van der Waals surface area contributed by atoms with Crippen molar-refractivity contribution in [2.75, 3.05) is 12.9 Å². The van der Waals surface area contributed by atoms with Crippen LogP contribution in [-0.4, -0.2) is 36.2 Å². The molecule has 1 aliphatic carbocycles. The summed E-state index contributed by atoms with van der Waals surface area (Å²) in [4.78, 5) is 0.284. The van der Waals surface area contributed by atoms with Crippen molar-refractivity contribution in [2.45, 2.75) is 49.2 Å². The fourth-order valence-corrected chi connectivity index (χ4v) is 4.05. The molecule has 0 amide bonds. The second-order valence-electron chi connectivity index (χ2n) is 6.66. The van der Waals surface area contributed by atoms with Crippen LogP contribution in [0.3, 0.4) is 0 Å². The average Bonchev–Trinajstić information content (AvgIpc) is 3.26. The third-order valence-electron chi connectivity index (χ3n) is 4.85. The Morgan fingerprint density at radius 2 is 1.92 bits per heavy atom. The van der Waals surface area contributed by atoms with E-state index in [-0.39, 0.29) is 17.5 Å². The topological polar surface area (TPSA) is 84.2 Å². The molecule has 1 heterocycles. The smallest absolute Gasteiger partial charge is 0.175 e. The van der Waals surface area contributed by atoms with Gasteiger partial charge in [-0.05, 0) is 36.6 Å². The lowest BCUT2D eigenvalue weighted by atomic mass is 10.1. The first-order valence-electron chi connectivity index (χ1n) is 8.65. The zero-order chi connectivity index (χ0) is 17.9. The highest BCUT2D eigenvalue weighted by atomic mass is 32.2. The van der Waals surface area contributed by atoms with E-state index in [1.54, 1.807) is 24.3 Å². The zero-order valence-corrected chi connectivity index (χ0v) is 15.2. The first kappa shape index (κ1) is 18.1. The summed E-state index contributed by atoms with van der Waals surface area (Å²) >= 11 is 0. The van der Waals surface area contributed by atoms with E-state index in [4.69, 9.17) is 0 Å². The molecule has 2 aromatic rings. The molecule has 2 N–H and O–H groups in total. The summed E-state index contributed by atoms with van der Waals surface area (Å²) in [6.45, 7) is 0.547. The van der Waals surface area contributed by atoms with Crippen LogP contribution in [0.1, 0.15) is 49.0 Å². The highest BCUT2D eigenvalue weighted by Crippen LogP contribution is 2.29. The third-order valence-corrected chi connectivity index (χ3v) is 5.97. The van der Waals surface area contributed by atoms with Crippen LogP contribution in [0.25, 0.3) is 0 Å². The molecule has 1 aromatic carbocycles. The summed E-state index contributed by atoms with van der Waals surface area (Å²) in [7, 11) is -3.21. The molecule has 0 spiro atoms. The molecule has 1 unspecified atom stereocenters. The molecule has 7 heteroatoms. The van der Waals surface area contributed by atoms with Gasteiger partial charge in [0.05, 0.1) is 29.3 Å². The minimum Gasteiger partial charge on any atom is -0.394 e. The predicted octanol–water partition coefficient (Wildman–Crippen LogP) is 2.22. The number of rotatable bonds is 7. The summed E-state index contributed by atoms with van der Waals surface area (Å²) < 4.78 is 25.2. The minimum atomic E-state index is -3.21. The molecular weight excluding hydrogens is 338 g/mol. The number of benzene rings is 1. The lowest BCUT2D eigenvalue weighted by Crippen LogP contribution is -2.26. The quantitative estimate of drug-likeness (QED) is 0.788. The minimum absolute atomic E-state index is 0.0597. The zero-order valence-electron chi connectivity index (χ0n) is 14.4. The van der Waals surface area contributed by atoms with Gasteiger partial charge in [-0.2, -0.15) is 5.10 Å². The van der Waals surface area contributed by atoms with Crippen molar-refractivity contribution in [1.29, 1.82) is 0 Å². The molecule has 1 aromatic heterocycles. The van der Waals surface area contributed by atoms with Gasteiger partial charge in [-0.1, -0.05) is 25.0 Å². The number of hydrogen-bond acceptors (Lipinski definition) is 5. The molecule has 25 heavy (non-hydrogen) atoms. The maximum Gasteiger partial charge on any atom is 0.175 e. The van der Waals surface area contributed by atoms with Gasteiger partial charge in [0.1, 0.15) is 0 Å². The van der Waals surface area contributed by atoms with Gasteiger partial charge < -0.3 is 10.4 Å². The van der Waals surface area contributed by atoms with Gasteiger partial charge in [-0.3, -0.25) is 4.68 Å². The molecule has 0 saturated heterocycles. The van der Waals surface area contributed by atoms with Gasteiger partial charge in [0, 0.05) is 19.0 Å². The van der Waals surface area contributed by atoms with Crippen molar-refractivity contribution in [2.24, 2.45) is 0 Å². The summed E-state index contributed by atoms with van der Waals surface area (Å²) in [6.07, 6.45) is 7.86. The van der Waals surface area contributed by atoms with Crippen molar-refractivity contribution >= 4 is 9.84 Å². The molecule has 1 atom stereocenters. The summed E-state index contributed by atoms with van der Waals surface area (Å²) in [5, 5.41) is 17.5. The number of aliphatic hydroxyl groups is 1. The molecule has 1 aliphatic rings. The van der Waals surface area contributed by atoms with Crippen LogP contribution < -0.4 is 5.32 Å². The fourth-order valence-electron chi connectivity index (χ4n) is 3.42. The highest BCUT2D eigenvalue weighted by molar-refractivity contribution is 7.90. The van der Waals surface area contributed by atoms with Crippen LogP contribution in [0.15, 0.2) is 41.4 Å². The van der Waals surface area contributed by atoms with E-state index < -0.39 is 9.84 Å². The molecular formula is C18H25N3O3S. The van der Waals surface area contributed by atoms with E-state index in [0.29, 0.717) is 12.6 Å². The lowest BCUT2D eigenvalue weighted by Gasteiger charge is -2.19. The normalized spacial score (nSPS) is 17.0. The second-order valence-corrected chi connectivity index (χ2v) is 8.68. The molecule has 3 rings (SSSR count). The monoisotopic (exact) mass is 363 g/mol. The van der Waals surface area contributed by atoms with Gasteiger partial charge in [-0.15, -0.1) is 0 Å². The molecule has 6 nitrogen and oxygen atoms in total. The maximum atomic E-state index is 11.6. The Labute approximate surface area is 148 Å². The maximum absolute atomic E-state index is 11.6. The van der Waals surface area contributed by atoms with Crippen LogP contribution in [0, 0.1) is 0 Å². The van der Waals surface area contributed by atoms with Gasteiger partial charge >= 0.3 is 0 Å². The number of nitrogens with one attached hydrogen (secondary N) is 1. The van der Waals surface area contributed by atoms with E-state index in [1.165, 1.54) is 31.9 Å². The first-order chi connectivity index (χ1) is 12.0. The van der Waals surface area contributed by atoms with Gasteiger partial charge in [-0.25, -0.2) is 8.42 Å². The largest absolute Gasteiger partial charge is 0.394 e. The van der Waals surface area contributed by atoms with Crippen LogP contribution in [0.2, 0.25) is 0 Å². The first-order valence-corrected chi connectivity index (χ1v) is 10.5. The van der Waals surface area contributed by atoms with E-state index in [2.05, 4.69) is 15.1 Å². The highest BCUT2D eigenvalue weighted by Gasteiger charge is 2.20. The molecule has 0 bridgehead atoms. The van der Waals surface area contributed by atoms with Gasteiger partial charge in [0.25, 0.3) is 0 Å². The number of aliphatic hydroxyl groups excluding tert-OH is 1. The van der Waals surface area contributed by atoms with Crippen LogP contribution >= 0.6 is 0 Å². The molecule has 136 valence electrons. The molecule has 1 saturated carbocycles. The summed E-state index contributed by atoms with van der Waals surface area (Å²) in [5.74, 6) is 0. The van der Waals surface area contributed by atoms with Crippen LogP contribution in [0.5, 0.6) is 0 Å². The van der Waals surface area contributed by atoms with Crippen molar-refractivity contribution in [1.82, 2.24) is 15.1 Å². The van der Waals surface area contributed by atoms with Crippen LogP contribution in [-0.2, 0) is 16.4 Å². The number of nitrogens with zero attached hydrogens (tertiary/aromatic N) is 2. The Kier molecular flexibility index (Phi) is 5.56. The van der Waals surface area contributed by atoms with E-state index >= 15 is 0 Å². The van der Waals surface area contributed by atoms with Crippen molar-refractivity contribution in [3.8, 4) is 0 Å². The van der Waals surface area contributed by atoms with Crippen molar-refractivity contribution in [3.63, 3.8) is 0 Å². The summed E-state index contributed by atoms with van der Waals surface area (Å²) in [6, 6.07) is 8.90. The lowest BCUT2D eigenvalue weighted by molar-refractivity contribution is 0.242. The van der Waals surface area contributed by atoms with E-state index in [1.807, 2.05) is 12.3 Å². The van der Waals surface area contributed by atoms with Crippen LogP contribution in [0.4, 0.5) is 0 Å². The Bertz CT molecular complexity index is 793. The molecule has 1 fully saturated rings. The van der Waals surface area contributed by atoms with Crippen molar-refractivity contribution < 1.29 is 13.5 Å². The van der Waals surface area contributed by atoms with Gasteiger partial charge in [0.2, 0.25) is 0 Å². The fraction of sp³-hybridized carbons (Fsp3) is 0.500. The van der Waals surface area contributed by atoms with Gasteiger partial charge in [0.15, 0.2) is 9.84 Å². The summed E-state index contributed by atoms with van der Waals surface area (Å²) in [5.41, 5.74) is 1.97. The van der Waals surface area contributed by atoms with E-state index in [0.717, 1.165) is 11.3 Å².